The zero-order chi connectivity index (χ0) is 25.8. The maximum atomic E-state index is 12.9. The Bertz CT molecular complexity index is 862. The molecule has 0 aliphatic heterocycles. The van der Waals surface area contributed by atoms with Crippen molar-refractivity contribution in [1.82, 2.24) is 16.0 Å². The van der Waals surface area contributed by atoms with Gasteiger partial charge in [-0.2, -0.15) is 0 Å². The van der Waals surface area contributed by atoms with E-state index in [0.29, 0.717) is 5.56 Å². The molecule has 0 bridgehead atoms. The highest BCUT2D eigenvalue weighted by Gasteiger charge is 2.32. The third kappa shape index (κ3) is 9.55. The molecule has 4 unspecified atom stereocenters. The van der Waals surface area contributed by atoms with Gasteiger partial charge < -0.3 is 37.6 Å². The van der Waals surface area contributed by atoms with Crippen LogP contribution in [0.25, 0.3) is 0 Å². The van der Waals surface area contributed by atoms with E-state index in [1.165, 1.54) is 0 Å². The van der Waals surface area contributed by atoms with Crippen molar-refractivity contribution in [3.05, 3.63) is 35.9 Å². The summed E-state index contributed by atoms with van der Waals surface area (Å²) in [5.74, 6) is -4.73. The Morgan fingerprint density at radius 2 is 1.50 bits per heavy atom. The Balaban J connectivity index is 2.96. The van der Waals surface area contributed by atoms with Crippen molar-refractivity contribution >= 4 is 29.6 Å². The van der Waals surface area contributed by atoms with Crippen LogP contribution in [-0.4, -0.2) is 70.6 Å². The number of carbonyl (C=O) groups excluding carboxylic acids is 4. The van der Waals surface area contributed by atoms with Gasteiger partial charge in [-0.15, -0.1) is 0 Å². The van der Waals surface area contributed by atoms with Crippen molar-refractivity contribution in [2.24, 2.45) is 17.4 Å². The fourth-order valence-corrected chi connectivity index (χ4v) is 3.02. The summed E-state index contributed by atoms with van der Waals surface area (Å²) in [6.07, 6.45) is -0.357. The van der Waals surface area contributed by atoms with Crippen LogP contribution >= 0.6 is 0 Å². The molecule has 0 spiro atoms. The Morgan fingerprint density at radius 1 is 0.912 bits per heavy atom. The molecule has 0 aliphatic carbocycles. The number of rotatable bonds is 14. The molecule has 12 heteroatoms. The lowest BCUT2D eigenvalue weighted by Gasteiger charge is -2.27. The largest absolute Gasteiger partial charge is 0.480 e. The molecule has 0 aliphatic rings. The molecule has 1 aromatic rings. The third-order valence-electron chi connectivity index (χ3n) is 4.99. The Kier molecular flexibility index (Phi) is 11.7. The van der Waals surface area contributed by atoms with Crippen molar-refractivity contribution in [1.29, 1.82) is 0 Å². The molecule has 4 amide bonds. The lowest BCUT2D eigenvalue weighted by atomic mass is 10.0. The van der Waals surface area contributed by atoms with Crippen molar-refractivity contribution in [3.63, 3.8) is 0 Å². The van der Waals surface area contributed by atoms with Gasteiger partial charge in [0.15, 0.2) is 0 Å². The minimum atomic E-state index is -1.29. The van der Waals surface area contributed by atoms with E-state index < -0.39 is 66.3 Å². The van der Waals surface area contributed by atoms with Gasteiger partial charge in [-0.1, -0.05) is 44.2 Å². The summed E-state index contributed by atoms with van der Waals surface area (Å²) in [6, 6.07) is 3.81. The highest BCUT2D eigenvalue weighted by atomic mass is 16.4. The molecular formula is C22H33N5O7. The summed E-state index contributed by atoms with van der Waals surface area (Å²) in [5.41, 5.74) is 11.3. The third-order valence-corrected chi connectivity index (χ3v) is 4.99. The Labute approximate surface area is 197 Å². The van der Waals surface area contributed by atoms with E-state index in [4.69, 9.17) is 16.6 Å². The van der Waals surface area contributed by atoms with E-state index in [9.17, 15) is 29.1 Å². The summed E-state index contributed by atoms with van der Waals surface area (Å²) in [7, 11) is 0. The fraction of sp³-hybridized carbons (Fsp3) is 0.500. The van der Waals surface area contributed by atoms with Crippen molar-refractivity contribution < 1.29 is 34.2 Å². The summed E-state index contributed by atoms with van der Waals surface area (Å²) in [4.78, 5) is 60.7. The second kappa shape index (κ2) is 13.9. The van der Waals surface area contributed by atoms with Gasteiger partial charge in [0, 0.05) is 12.8 Å². The Hall–Kier alpha value is -3.51. The number of carboxylic acid groups (broad SMARTS) is 1. The van der Waals surface area contributed by atoms with Crippen LogP contribution in [0.3, 0.4) is 0 Å². The minimum absolute atomic E-state index is 0.0387. The number of aliphatic carboxylic acids is 1. The zero-order valence-corrected chi connectivity index (χ0v) is 19.2. The summed E-state index contributed by atoms with van der Waals surface area (Å²) >= 11 is 0. The lowest BCUT2D eigenvalue weighted by molar-refractivity contribution is -0.142. The first-order valence-electron chi connectivity index (χ1n) is 10.8. The van der Waals surface area contributed by atoms with Gasteiger partial charge in [-0.3, -0.25) is 19.2 Å². The molecule has 188 valence electrons. The molecule has 0 saturated carbocycles. The number of hydrogen-bond acceptors (Lipinski definition) is 7. The lowest BCUT2D eigenvalue weighted by Crippen LogP contribution is -2.59. The molecule has 0 radical (unpaired) electrons. The predicted octanol–water partition coefficient (Wildman–Crippen LogP) is -1.99. The zero-order valence-electron chi connectivity index (χ0n) is 19.2. The number of hydrogen-bond donors (Lipinski definition) is 7. The van der Waals surface area contributed by atoms with Gasteiger partial charge in [0.1, 0.15) is 24.2 Å². The average Bonchev–Trinajstić information content (AvgIpc) is 2.78. The van der Waals surface area contributed by atoms with E-state index in [-0.39, 0.29) is 19.3 Å². The number of aliphatic hydroxyl groups excluding tert-OH is 1. The molecule has 4 atom stereocenters. The van der Waals surface area contributed by atoms with Crippen LogP contribution in [0.4, 0.5) is 0 Å². The highest BCUT2D eigenvalue weighted by Crippen LogP contribution is 2.08. The summed E-state index contributed by atoms with van der Waals surface area (Å²) in [5, 5.41) is 25.8. The van der Waals surface area contributed by atoms with Crippen LogP contribution < -0.4 is 27.4 Å². The number of aliphatic hydroxyl groups is 1. The topological polar surface area (TPSA) is 214 Å². The number of benzene rings is 1. The monoisotopic (exact) mass is 479 g/mol. The molecule has 0 heterocycles. The van der Waals surface area contributed by atoms with Crippen LogP contribution in [0.1, 0.15) is 32.3 Å². The predicted molar refractivity (Wildman–Crippen MR) is 122 cm³/mol. The van der Waals surface area contributed by atoms with Crippen LogP contribution in [0, 0.1) is 5.92 Å². The SMILES string of the molecule is CC(C)C(NC(=O)C(CCC(N)=O)NC(=O)C(N)CO)C(=O)NC(Cc1ccccc1)C(=O)O. The van der Waals surface area contributed by atoms with Gasteiger partial charge in [-0.05, 0) is 17.9 Å². The van der Waals surface area contributed by atoms with E-state index in [2.05, 4.69) is 16.0 Å². The van der Waals surface area contributed by atoms with Crippen molar-refractivity contribution in [2.75, 3.05) is 6.61 Å². The first-order valence-corrected chi connectivity index (χ1v) is 10.8. The van der Waals surface area contributed by atoms with E-state index in [1.54, 1.807) is 44.2 Å². The van der Waals surface area contributed by atoms with Crippen molar-refractivity contribution in [3.8, 4) is 0 Å². The van der Waals surface area contributed by atoms with Gasteiger partial charge in [0.25, 0.3) is 0 Å². The van der Waals surface area contributed by atoms with Gasteiger partial charge >= 0.3 is 5.97 Å². The fourth-order valence-electron chi connectivity index (χ4n) is 3.02. The standard InChI is InChI=1S/C22H33N5O7/c1-12(2)18(21(32)26-16(22(33)34)10-13-6-4-3-5-7-13)27-20(31)15(8-9-17(24)29)25-19(30)14(23)11-28/h3-7,12,14-16,18,28H,8-11,23H2,1-2H3,(H2,24,29)(H,25,30)(H,26,32)(H,27,31)(H,33,34). The number of nitrogens with one attached hydrogen (secondary N) is 3. The molecule has 34 heavy (non-hydrogen) atoms. The maximum absolute atomic E-state index is 12.9. The molecule has 0 aromatic heterocycles. The maximum Gasteiger partial charge on any atom is 0.326 e. The molecule has 9 N–H and O–H groups in total. The van der Waals surface area contributed by atoms with E-state index >= 15 is 0 Å². The minimum Gasteiger partial charge on any atom is -0.480 e. The average molecular weight is 480 g/mol. The summed E-state index contributed by atoms with van der Waals surface area (Å²) in [6.45, 7) is 2.64. The smallest absolute Gasteiger partial charge is 0.326 e. The molecular weight excluding hydrogens is 446 g/mol. The molecule has 0 saturated heterocycles. The second-order valence-electron chi connectivity index (χ2n) is 8.17. The van der Waals surface area contributed by atoms with E-state index in [1.807, 2.05) is 0 Å². The molecule has 1 rings (SSSR count). The Morgan fingerprint density at radius 3 is 2.00 bits per heavy atom. The van der Waals surface area contributed by atoms with E-state index in [0.717, 1.165) is 0 Å². The quantitative estimate of drug-likeness (QED) is 0.158. The van der Waals surface area contributed by atoms with Crippen LogP contribution in [0.2, 0.25) is 0 Å². The van der Waals surface area contributed by atoms with Gasteiger partial charge in [-0.25, -0.2) is 4.79 Å². The normalized spacial score (nSPS) is 14.4. The number of carboxylic acids is 1. The highest BCUT2D eigenvalue weighted by molar-refractivity contribution is 5.94. The van der Waals surface area contributed by atoms with Crippen LogP contribution in [-0.2, 0) is 30.4 Å². The molecule has 0 fully saturated rings. The van der Waals surface area contributed by atoms with Gasteiger partial charge in [0.05, 0.1) is 6.61 Å². The van der Waals surface area contributed by atoms with Crippen molar-refractivity contribution in [2.45, 2.75) is 57.3 Å². The first kappa shape index (κ1) is 28.5. The van der Waals surface area contributed by atoms with Gasteiger partial charge in [0.2, 0.25) is 23.6 Å². The second-order valence-corrected chi connectivity index (χ2v) is 8.17. The van der Waals surface area contributed by atoms with Crippen LogP contribution in [0.5, 0.6) is 0 Å². The summed E-state index contributed by atoms with van der Waals surface area (Å²) < 4.78 is 0. The number of amides is 4. The molecule has 1 aromatic carbocycles. The van der Waals surface area contributed by atoms with Crippen LogP contribution in [0.15, 0.2) is 30.3 Å². The number of carbonyl (C=O) groups is 5. The molecule has 12 nitrogen and oxygen atoms in total. The number of primary amides is 1. The number of nitrogens with two attached hydrogens (primary N) is 2. The first-order chi connectivity index (χ1) is 16.0.